The molecule has 8 nitrogen and oxygen atoms in total. The molecule has 1 unspecified atom stereocenters. The highest BCUT2D eigenvalue weighted by Gasteiger charge is 2.34. The van der Waals surface area contributed by atoms with E-state index in [0.29, 0.717) is 37.4 Å². The molecule has 0 radical (unpaired) electrons. The van der Waals surface area contributed by atoms with Crippen LogP contribution in [0.25, 0.3) is 0 Å². The Bertz CT molecular complexity index is 925. The Balaban J connectivity index is 1.53. The molecule has 146 valence electrons. The molecule has 0 bridgehead atoms. The second-order valence-corrected chi connectivity index (χ2v) is 7.82. The number of aromatic nitrogens is 1. The van der Waals surface area contributed by atoms with Crippen LogP contribution < -0.4 is 16.2 Å². The van der Waals surface area contributed by atoms with E-state index in [4.69, 9.17) is 0 Å². The van der Waals surface area contributed by atoms with Crippen molar-refractivity contribution in [3.8, 4) is 6.07 Å². The highest BCUT2D eigenvalue weighted by atomic mass is 16.2. The number of aliphatic imine (C=N–C) groups is 1. The molecular formula is C20H23N5O3. The predicted octanol–water partition coefficient (Wildman–Crippen LogP) is 0.982. The van der Waals surface area contributed by atoms with Gasteiger partial charge < -0.3 is 15.2 Å². The van der Waals surface area contributed by atoms with Gasteiger partial charge in [-0.05, 0) is 36.8 Å². The number of carbonyl (C=O) groups is 2. The Morgan fingerprint density at radius 3 is 2.86 bits per heavy atom. The topological polar surface area (TPSA) is 116 Å². The van der Waals surface area contributed by atoms with Gasteiger partial charge in [0.1, 0.15) is 17.8 Å². The van der Waals surface area contributed by atoms with Gasteiger partial charge in [0.2, 0.25) is 11.8 Å². The molecule has 3 heterocycles. The molecule has 4 rings (SSSR count). The van der Waals surface area contributed by atoms with E-state index in [-0.39, 0.29) is 29.7 Å². The maximum absolute atomic E-state index is 13.0. The zero-order chi connectivity index (χ0) is 19.7. The summed E-state index contributed by atoms with van der Waals surface area (Å²) >= 11 is 0. The summed E-state index contributed by atoms with van der Waals surface area (Å²) in [6.07, 6.45) is 7.60. The van der Waals surface area contributed by atoms with Gasteiger partial charge in [-0.15, -0.1) is 0 Å². The van der Waals surface area contributed by atoms with Gasteiger partial charge in [0.25, 0.3) is 5.56 Å². The van der Waals surface area contributed by atoms with Gasteiger partial charge in [0, 0.05) is 31.3 Å². The third kappa shape index (κ3) is 3.70. The number of carbonyl (C=O) groups excluding carboxylic acids is 2. The molecule has 2 fully saturated rings. The van der Waals surface area contributed by atoms with Crippen LogP contribution in [0.1, 0.15) is 43.7 Å². The molecule has 2 amide bonds. The van der Waals surface area contributed by atoms with Gasteiger partial charge in [-0.1, -0.05) is 12.8 Å². The summed E-state index contributed by atoms with van der Waals surface area (Å²) in [5.41, 5.74) is 1.00. The van der Waals surface area contributed by atoms with Crippen molar-refractivity contribution in [2.45, 2.75) is 50.6 Å². The third-order valence-electron chi connectivity index (χ3n) is 5.76. The number of hydrogen-bond acceptors (Lipinski definition) is 5. The summed E-state index contributed by atoms with van der Waals surface area (Å²) in [5.74, 6) is -0.262. The van der Waals surface area contributed by atoms with Gasteiger partial charge in [-0.25, -0.2) is 0 Å². The zero-order valence-corrected chi connectivity index (χ0v) is 15.6. The highest BCUT2D eigenvalue weighted by molar-refractivity contribution is 5.82. The van der Waals surface area contributed by atoms with Crippen LogP contribution in [-0.2, 0) is 16.0 Å². The number of nitrogens with one attached hydrogen (secondary N) is 2. The Kier molecular flexibility index (Phi) is 4.99. The van der Waals surface area contributed by atoms with E-state index in [0.717, 1.165) is 18.4 Å². The van der Waals surface area contributed by atoms with Crippen molar-refractivity contribution in [2.24, 2.45) is 16.8 Å². The van der Waals surface area contributed by atoms with Crippen LogP contribution >= 0.6 is 0 Å². The van der Waals surface area contributed by atoms with Crippen LogP contribution in [0.5, 0.6) is 0 Å². The number of amides is 2. The van der Waals surface area contributed by atoms with E-state index in [1.54, 1.807) is 12.4 Å². The van der Waals surface area contributed by atoms with Crippen molar-refractivity contribution in [2.75, 3.05) is 6.54 Å². The van der Waals surface area contributed by atoms with Crippen LogP contribution in [0.4, 0.5) is 5.69 Å². The van der Waals surface area contributed by atoms with Crippen LogP contribution in [-0.4, -0.2) is 35.2 Å². The van der Waals surface area contributed by atoms with Crippen molar-refractivity contribution in [3.05, 3.63) is 28.2 Å². The Hall–Kier alpha value is -2.95. The fourth-order valence-corrected chi connectivity index (χ4v) is 3.94. The molecule has 3 aliphatic rings. The van der Waals surface area contributed by atoms with Crippen LogP contribution in [0.15, 0.2) is 22.1 Å². The number of nitrogens with zero attached hydrogens (tertiary/aromatic N) is 3. The molecule has 1 aliphatic carbocycles. The molecule has 0 aromatic carbocycles. The first-order valence-corrected chi connectivity index (χ1v) is 9.81. The number of pyridine rings is 1. The SMILES string of the molecule is N#C[C@H](C[C@@H]1CCNC1=O)NC(=O)C(CC1CC1)n1ccc2c(c1=O)N=CC2. The maximum Gasteiger partial charge on any atom is 0.277 e. The smallest absolute Gasteiger partial charge is 0.277 e. The van der Waals surface area contributed by atoms with Crippen LogP contribution in [0.3, 0.4) is 0 Å². The monoisotopic (exact) mass is 381 g/mol. The van der Waals surface area contributed by atoms with Crippen LogP contribution in [0, 0.1) is 23.2 Å². The summed E-state index contributed by atoms with van der Waals surface area (Å²) in [6.45, 7) is 0.602. The van der Waals surface area contributed by atoms with Crippen LogP contribution in [0.2, 0.25) is 0 Å². The molecule has 8 heteroatoms. The lowest BCUT2D eigenvalue weighted by atomic mass is 9.98. The quantitative estimate of drug-likeness (QED) is 0.732. The minimum Gasteiger partial charge on any atom is -0.356 e. The molecular weight excluding hydrogens is 358 g/mol. The van der Waals surface area contributed by atoms with Crippen molar-refractivity contribution in [3.63, 3.8) is 0 Å². The first-order valence-electron chi connectivity index (χ1n) is 9.81. The third-order valence-corrected chi connectivity index (χ3v) is 5.76. The summed E-state index contributed by atoms with van der Waals surface area (Å²) in [4.78, 5) is 41.8. The predicted molar refractivity (Wildman–Crippen MR) is 102 cm³/mol. The average Bonchev–Trinajstić information content (AvgIpc) is 3.21. The standard InChI is InChI=1S/C20H23N5O3/c21-11-15(10-14-4-7-23-18(14)26)24-19(27)16(9-12-1-2-12)25-8-5-13-3-6-22-17(13)20(25)28/h5-6,8,12,14-16H,1-4,7,9-10H2,(H,23,26)(H,24,27)/t14-,15-,16?/m0/s1. The van der Waals surface area contributed by atoms with Gasteiger partial charge in [0.15, 0.2) is 0 Å². The minimum absolute atomic E-state index is 0.0725. The van der Waals surface area contributed by atoms with Gasteiger partial charge in [-0.3, -0.25) is 19.4 Å². The second kappa shape index (κ2) is 7.58. The second-order valence-electron chi connectivity index (χ2n) is 7.82. The zero-order valence-electron chi connectivity index (χ0n) is 15.6. The first-order chi connectivity index (χ1) is 13.6. The van der Waals surface area contributed by atoms with E-state index < -0.39 is 12.1 Å². The van der Waals surface area contributed by atoms with Gasteiger partial charge >= 0.3 is 0 Å². The van der Waals surface area contributed by atoms with E-state index in [2.05, 4.69) is 21.7 Å². The highest BCUT2D eigenvalue weighted by Crippen LogP contribution is 2.37. The molecule has 2 N–H and O–H groups in total. The number of nitriles is 1. The summed E-state index contributed by atoms with van der Waals surface area (Å²) in [6, 6.07) is 2.49. The number of fused-ring (bicyclic) bond motifs is 1. The molecule has 1 saturated carbocycles. The van der Waals surface area contributed by atoms with Crippen molar-refractivity contribution >= 4 is 23.7 Å². The van der Waals surface area contributed by atoms with Gasteiger partial charge in [0.05, 0.1) is 6.07 Å². The van der Waals surface area contributed by atoms with E-state index in [9.17, 15) is 19.6 Å². The molecule has 1 saturated heterocycles. The summed E-state index contributed by atoms with van der Waals surface area (Å²) in [7, 11) is 0. The Morgan fingerprint density at radius 2 is 2.18 bits per heavy atom. The van der Waals surface area contributed by atoms with Crippen molar-refractivity contribution < 1.29 is 9.59 Å². The fourth-order valence-electron chi connectivity index (χ4n) is 3.94. The largest absolute Gasteiger partial charge is 0.356 e. The van der Waals surface area contributed by atoms with Gasteiger partial charge in [-0.2, -0.15) is 5.26 Å². The Morgan fingerprint density at radius 1 is 1.36 bits per heavy atom. The fraction of sp³-hybridized carbons (Fsp3) is 0.550. The van der Waals surface area contributed by atoms with E-state index in [1.165, 1.54) is 4.57 Å². The van der Waals surface area contributed by atoms with Crippen molar-refractivity contribution in [1.29, 1.82) is 5.26 Å². The lowest BCUT2D eigenvalue weighted by Gasteiger charge is -2.22. The lowest BCUT2D eigenvalue weighted by Crippen LogP contribution is -2.43. The molecule has 3 atom stereocenters. The molecule has 28 heavy (non-hydrogen) atoms. The average molecular weight is 381 g/mol. The molecule has 1 aromatic rings. The molecule has 1 aromatic heterocycles. The molecule has 0 spiro atoms. The normalized spacial score (nSPS) is 22.2. The minimum atomic E-state index is -0.758. The number of hydrogen-bond donors (Lipinski definition) is 2. The Labute approximate surface area is 162 Å². The number of rotatable bonds is 7. The molecule has 2 aliphatic heterocycles. The van der Waals surface area contributed by atoms with E-state index >= 15 is 0 Å². The van der Waals surface area contributed by atoms with E-state index in [1.807, 2.05) is 6.07 Å². The summed E-state index contributed by atoms with van der Waals surface area (Å²) < 4.78 is 1.45. The maximum atomic E-state index is 13.0. The summed E-state index contributed by atoms with van der Waals surface area (Å²) in [5, 5.41) is 15.0. The lowest BCUT2D eigenvalue weighted by molar-refractivity contribution is -0.126. The van der Waals surface area contributed by atoms with Crippen molar-refractivity contribution in [1.82, 2.24) is 15.2 Å². The first kappa shape index (κ1) is 18.4.